The van der Waals surface area contributed by atoms with Gasteiger partial charge in [-0.1, -0.05) is 26.8 Å². The van der Waals surface area contributed by atoms with E-state index in [1.54, 1.807) is 35.2 Å². The van der Waals surface area contributed by atoms with Gasteiger partial charge in [-0.3, -0.25) is 0 Å². The molecule has 41 heavy (non-hydrogen) atoms. The molecule has 3 aliphatic carbocycles. The van der Waals surface area contributed by atoms with Crippen LogP contribution in [0.1, 0.15) is 104 Å². The number of halogens is 3. The summed E-state index contributed by atoms with van der Waals surface area (Å²) in [6, 6.07) is 1.96. The Labute approximate surface area is 241 Å². The Bertz CT molecular complexity index is 1150. The van der Waals surface area contributed by atoms with E-state index < -0.39 is 63.9 Å². The summed E-state index contributed by atoms with van der Waals surface area (Å²) in [5, 5.41) is 10.8. The van der Waals surface area contributed by atoms with Crippen molar-refractivity contribution in [1.29, 1.82) is 0 Å². The average Bonchev–Trinajstić information content (AvgIpc) is 2.77. The fourth-order valence-electron chi connectivity index (χ4n) is 5.97. The van der Waals surface area contributed by atoms with Gasteiger partial charge in [-0.05, 0) is 102 Å². The van der Waals surface area contributed by atoms with Gasteiger partial charge >= 0.3 is 18.3 Å². The Hall–Kier alpha value is -2.27. The summed E-state index contributed by atoms with van der Waals surface area (Å²) in [4.78, 5) is 25.8. The van der Waals surface area contributed by atoms with Crippen molar-refractivity contribution in [2.45, 2.75) is 123 Å². The number of fused-ring (bicyclic) bond motifs is 2. The summed E-state index contributed by atoms with van der Waals surface area (Å²) in [5.41, 5.74) is -4.93. The largest absolute Gasteiger partial charge is 0.514 e. The highest BCUT2D eigenvalue weighted by atomic mass is 19.4. The molecule has 0 aromatic heterocycles. The highest BCUT2D eigenvalue weighted by Gasteiger charge is 2.63. The molecule has 229 valence electrons. The Balaban J connectivity index is 1.96. The number of ether oxygens (including phenoxy) is 3. The molecule has 1 aromatic carbocycles. The van der Waals surface area contributed by atoms with Crippen LogP contribution in [0, 0.1) is 17.3 Å². The molecule has 0 spiro atoms. The lowest BCUT2D eigenvalue weighted by Gasteiger charge is -2.66. The molecule has 2 bridgehead atoms. The van der Waals surface area contributed by atoms with Crippen molar-refractivity contribution < 1.29 is 46.7 Å². The van der Waals surface area contributed by atoms with Crippen LogP contribution in [-0.4, -0.2) is 47.6 Å². The molecular weight excluding hydrogens is 540 g/mol. The fraction of sp³-hybridized carbons (Fsp3) is 0.733. The number of alkyl halides is 3. The normalized spacial score (nSPS) is 26.4. The van der Waals surface area contributed by atoms with Crippen molar-refractivity contribution in [3.8, 4) is 5.75 Å². The average molecular weight is 583 g/mol. The molecule has 3 saturated carbocycles. The number of carbonyl (C=O) groups excluding carboxylic acids is 2. The summed E-state index contributed by atoms with van der Waals surface area (Å²) in [6.45, 7) is 17.3. The van der Waals surface area contributed by atoms with Crippen LogP contribution in [0.2, 0.25) is 5.82 Å². The van der Waals surface area contributed by atoms with Crippen LogP contribution in [0.5, 0.6) is 5.75 Å². The summed E-state index contributed by atoms with van der Waals surface area (Å²) < 4.78 is 64.4. The minimum Gasteiger partial charge on any atom is -0.456 e. The molecule has 3 fully saturated rings. The van der Waals surface area contributed by atoms with Gasteiger partial charge in [0.25, 0.3) is 7.48 Å². The zero-order chi connectivity index (χ0) is 31.3. The van der Waals surface area contributed by atoms with Crippen molar-refractivity contribution in [2.24, 2.45) is 17.3 Å². The van der Waals surface area contributed by atoms with Crippen molar-refractivity contribution in [1.82, 2.24) is 0 Å². The second-order valence-corrected chi connectivity index (χ2v) is 14.2. The Morgan fingerprint density at radius 2 is 1.61 bits per heavy atom. The predicted molar refractivity (Wildman–Crippen MR) is 148 cm³/mol. The van der Waals surface area contributed by atoms with E-state index >= 15 is 0 Å². The lowest BCUT2D eigenvalue weighted by molar-refractivity contribution is -0.234. The number of esters is 1. The minimum absolute atomic E-state index is 0.0230. The molecule has 0 aliphatic heterocycles. The van der Waals surface area contributed by atoms with Crippen LogP contribution in [-0.2, 0) is 26.7 Å². The standard InChI is InChI=1S/C30H43BF3O7/c1-16(31-41-29(10)20-14-18(15-21(29)35)28(20,8)9)13-17-11-12-19(30(32,33)34)22(24(36)39-26(2,3)4)23(17)38-25(37)40-27(5,6)7/h11-12,16,18,20-21,35H,13-15H2,1-10H3/t16-,18?,20+,21-,29+/m1/s1. The molecule has 1 unspecified atom stereocenters. The summed E-state index contributed by atoms with van der Waals surface area (Å²) in [5.74, 6) is -1.68. The molecule has 1 N–H and O–H groups in total. The lowest BCUT2D eigenvalue weighted by atomic mass is 9.43. The van der Waals surface area contributed by atoms with E-state index in [0.29, 0.717) is 12.3 Å². The van der Waals surface area contributed by atoms with Gasteiger partial charge in [0, 0.05) is 0 Å². The van der Waals surface area contributed by atoms with Gasteiger partial charge in [-0.25, -0.2) is 9.59 Å². The molecule has 7 nitrogen and oxygen atoms in total. The van der Waals surface area contributed by atoms with Crippen molar-refractivity contribution >= 4 is 19.6 Å². The van der Waals surface area contributed by atoms with E-state index in [1.807, 2.05) is 6.92 Å². The van der Waals surface area contributed by atoms with Crippen molar-refractivity contribution in [3.05, 3.63) is 28.8 Å². The molecule has 1 radical (unpaired) electrons. The SMILES string of the molecule is C[C@@H]([B]O[C@]1(C)[C@H](O)CC2C[C@H]1C2(C)C)Cc1ccc(C(F)(F)F)c(C(=O)OC(C)(C)C)c1OC(=O)OC(C)(C)C. The third kappa shape index (κ3) is 7.39. The third-order valence-corrected chi connectivity index (χ3v) is 8.15. The van der Waals surface area contributed by atoms with E-state index in [4.69, 9.17) is 18.9 Å². The number of aliphatic hydroxyl groups is 1. The van der Waals surface area contributed by atoms with E-state index in [1.165, 1.54) is 26.8 Å². The number of carbonyl (C=O) groups is 2. The first kappa shape index (κ1) is 33.2. The maximum absolute atomic E-state index is 14.1. The zero-order valence-electron chi connectivity index (χ0n) is 25.7. The van der Waals surface area contributed by atoms with E-state index in [-0.39, 0.29) is 23.3 Å². The first-order chi connectivity index (χ1) is 18.5. The second-order valence-electron chi connectivity index (χ2n) is 14.2. The highest BCUT2D eigenvalue weighted by Crippen LogP contribution is 2.63. The smallest absolute Gasteiger partial charge is 0.456 e. The number of hydrogen-bond donors (Lipinski definition) is 1. The number of rotatable bonds is 7. The van der Waals surface area contributed by atoms with Gasteiger partial charge in [-0.2, -0.15) is 13.2 Å². The van der Waals surface area contributed by atoms with Crippen LogP contribution < -0.4 is 4.74 Å². The van der Waals surface area contributed by atoms with Gasteiger partial charge in [0.2, 0.25) is 0 Å². The first-order valence-corrected chi connectivity index (χ1v) is 14.0. The lowest BCUT2D eigenvalue weighted by Crippen LogP contribution is -2.67. The summed E-state index contributed by atoms with van der Waals surface area (Å²) >= 11 is 0. The molecule has 0 heterocycles. The summed E-state index contributed by atoms with van der Waals surface area (Å²) in [6.07, 6.45) is -5.19. The van der Waals surface area contributed by atoms with Crippen molar-refractivity contribution in [2.75, 3.05) is 0 Å². The van der Waals surface area contributed by atoms with Gasteiger partial charge in [0.05, 0.1) is 17.3 Å². The Morgan fingerprint density at radius 3 is 2.12 bits per heavy atom. The van der Waals surface area contributed by atoms with Gasteiger partial charge in [-0.15, -0.1) is 0 Å². The number of benzene rings is 1. The number of hydrogen-bond acceptors (Lipinski definition) is 7. The monoisotopic (exact) mass is 583 g/mol. The van der Waals surface area contributed by atoms with Crippen LogP contribution in [0.15, 0.2) is 12.1 Å². The Morgan fingerprint density at radius 1 is 1.02 bits per heavy atom. The number of aliphatic hydroxyl groups excluding tert-OH is 1. The summed E-state index contributed by atoms with van der Waals surface area (Å²) in [7, 11) is 1.57. The van der Waals surface area contributed by atoms with Crippen LogP contribution in [0.3, 0.4) is 0 Å². The molecule has 1 aromatic rings. The van der Waals surface area contributed by atoms with Crippen LogP contribution >= 0.6 is 0 Å². The third-order valence-electron chi connectivity index (χ3n) is 8.15. The van der Waals surface area contributed by atoms with E-state index in [2.05, 4.69) is 13.8 Å². The maximum Gasteiger partial charge on any atom is 0.514 e. The minimum atomic E-state index is -4.93. The van der Waals surface area contributed by atoms with Gasteiger partial charge < -0.3 is 24.0 Å². The van der Waals surface area contributed by atoms with E-state index in [9.17, 15) is 27.9 Å². The van der Waals surface area contributed by atoms with Gasteiger partial charge in [0.15, 0.2) is 5.75 Å². The quantitative estimate of drug-likeness (QED) is 0.207. The fourth-order valence-corrected chi connectivity index (χ4v) is 5.97. The first-order valence-electron chi connectivity index (χ1n) is 14.0. The second kappa shape index (κ2) is 11.1. The predicted octanol–water partition coefficient (Wildman–Crippen LogP) is 7.15. The maximum atomic E-state index is 14.1. The molecular formula is C30H43BF3O7. The zero-order valence-corrected chi connectivity index (χ0v) is 25.7. The topological polar surface area (TPSA) is 91.3 Å². The van der Waals surface area contributed by atoms with E-state index in [0.717, 1.165) is 12.5 Å². The molecule has 11 heteroatoms. The molecule has 4 rings (SSSR count). The Kier molecular flexibility index (Phi) is 9.00. The molecule has 0 amide bonds. The van der Waals surface area contributed by atoms with Gasteiger partial charge in [0.1, 0.15) is 16.8 Å². The molecule has 3 aliphatic rings. The van der Waals surface area contributed by atoms with Crippen LogP contribution in [0.25, 0.3) is 0 Å². The highest BCUT2D eigenvalue weighted by molar-refractivity contribution is 6.29. The molecule has 5 atom stereocenters. The van der Waals surface area contributed by atoms with Crippen molar-refractivity contribution in [3.63, 3.8) is 0 Å². The van der Waals surface area contributed by atoms with Crippen LogP contribution in [0.4, 0.5) is 18.0 Å². The molecule has 0 saturated heterocycles.